The van der Waals surface area contributed by atoms with Crippen LogP contribution in [0, 0.1) is 0 Å². The fourth-order valence-electron chi connectivity index (χ4n) is 3.11. The van der Waals surface area contributed by atoms with Gasteiger partial charge in [0.2, 0.25) is 19.9 Å². The van der Waals surface area contributed by atoms with Crippen molar-refractivity contribution in [3.05, 3.63) is 22.9 Å². The van der Waals surface area contributed by atoms with Gasteiger partial charge in [0, 0.05) is 17.1 Å². The SMILES string of the molecule is CC1(NS(=O)(=O)c2ccc3c(c2)N(c2nc(Br)ns2)C2=NOCCN23)CC1. The number of anilines is 3. The fourth-order valence-corrected chi connectivity index (χ4v) is 5.68. The lowest BCUT2D eigenvalue weighted by molar-refractivity contribution is 0.142. The average molecular weight is 471 g/mol. The molecule has 0 spiro atoms. The average Bonchev–Trinajstić information content (AvgIpc) is 3.06. The Hall–Kier alpha value is -1.76. The first-order chi connectivity index (χ1) is 12.9. The van der Waals surface area contributed by atoms with E-state index in [4.69, 9.17) is 4.84 Å². The number of hydrogen-bond donors (Lipinski definition) is 1. The van der Waals surface area contributed by atoms with Gasteiger partial charge in [0.15, 0.2) is 0 Å². The van der Waals surface area contributed by atoms with Gasteiger partial charge in [-0.05, 0) is 59.1 Å². The lowest BCUT2D eigenvalue weighted by Crippen LogP contribution is -2.40. The zero-order valence-electron chi connectivity index (χ0n) is 14.2. The highest BCUT2D eigenvalue weighted by Gasteiger charge is 2.43. The van der Waals surface area contributed by atoms with Gasteiger partial charge in [0.1, 0.15) is 6.61 Å². The van der Waals surface area contributed by atoms with Crippen LogP contribution >= 0.6 is 27.5 Å². The Morgan fingerprint density at radius 1 is 1.33 bits per heavy atom. The molecule has 142 valence electrons. The van der Waals surface area contributed by atoms with Crippen molar-refractivity contribution in [3.63, 3.8) is 0 Å². The molecule has 0 saturated heterocycles. The molecule has 0 amide bonds. The summed E-state index contributed by atoms with van der Waals surface area (Å²) in [6, 6.07) is 5.08. The number of nitrogens with one attached hydrogen (secondary N) is 1. The Kier molecular flexibility index (Phi) is 3.77. The number of sulfonamides is 1. The van der Waals surface area contributed by atoms with Gasteiger partial charge in [0.25, 0.3) is 5.96 Å². The minimum absolute atomic E-state index is 0.212. The second kappa shape index (κ2) is 5.87. The van der Waals surface area contributed by atoms with Crippen LogP contribution in [-0.4, -0.2) is 42.4 Å². The third-order valence-corrected chi connectivity index (χ3v) is 7.67. The molecule has 27 heavy (non-hydrogen) atoms. The molecule has 5 rings (SSSR count). The maximum absolute atomic E-state index is 12.8. The van der Waals surface area contributed by atoms with Crippen molar-refractivity contribution < 1.29 is 13.3 Å². The van der Waals surface area contributed by atoms with Gasteiger partial charge in [0.05, 0.1) is 22.8 Å². The Labute approximate surface area is 168 Å². The molecule has 0 unspecified atom stereocenters. The van der Waals surface area contributed by atoms with Crippen LogP contribution in [0.5, 0.6) is 0 Å². The highest BCUT2D eigenvalue weighted by atomic mass is 79.9. The molecule has 0 bridgehead atoms. The van der Waals surface area contributed by atoms with E-state index >= 15 is 0 Å². The molecule has 1 N–H and O–H groups in total. The minimum atomic E-state index is -3.62. The molecular formula is C15H15BrN6O3S2. The monoisotopic (exact) mass is 470 g/mol. The molecule has 1 aliphatic carbocycles. The minimum Gasteiger partial charge on any atom is -0.391 e. The summed E-state index contributed by atoms with van der Waals surface area (Å²) in [6.45, 7) is 2.98. The molecule has 2 aliphatic heterocycles. The molecule has 2 aromatic rings. The van der Waals surface area contributed by atoms with Crippen LogP contribution in [0.1, 0.15) is 19.8 Å². The maximum Gasteiger partial charge on any atom is 0.254 e. The highest BCUT2D eigenvalue weighted by molar-refractivity contribution is 9.10. The predicted octanol–water partition coefficient (Wildman–Crippen LogP) is 2.39. The van der Waals surface area contributed by atoms with E-state index in [-0.39, 0.29) is 10.4 Å². The van der Waals surface area contributed by atoms with E-state index in [1.807, 2.05) is 11.8 Å². The summed E-state index contributed by atoms with van der Waals surface area (Å²) in [6.07, 6.45) is 1.70. The van der Waals surface area contributed by atoms with Crippen molar-refractivity contribution in [1.29, 1.82) is 0 Å². The Morgan fingerprint density at radius 3 is 2.85 bits per heavy atom. The molecule has 1 saturated carbocycles. The lowest BCUT2D eigenvalue weighted by atomic mass is 10.2. The Morgan fingerprint density at radius 2 is 2.15 bits per heavy atom. The van der Waals surface area contributed by atoms with Gasteiger partial charge in [-0.15, -0.1) is 0 Å². The van der Waals surface area contributed by atoms with Crippen LogP contribution < -0.4 is 14.5 Å². The number of oxime groups is 1. The molecule has 12 heteroatoms. The van der Waals surface area contributed by atoms with Crippen LogP contribution in [0.15, 0.2) is 33.0 Å². The number of nitrogens with zero attached hydrogens (tertiary/aromatic N) is 5. The third-order valence-electron chi connectivity index (χ3n) is 4.75. The lowest BCUT2D eigenvalue weighted by Gasteiger charge is -2.24. The number of halogens is 1. The summed E-state index contributed by atoms with van der Waals surface area (Å²) >= 11 is 4.45. The van der Waals surface area contributed by atoms with Crippen LogP contribution in [0.3, 0.4) is 0 Å². The van der Waals surface area contributed by atoms with Crippen molar-refractivity contribution >= 4 is 60.0 Å². The number of rotatable bonds is 4. The Balaban J connectivity index is 1.62. The normalized spacial score (nSPS) is 20.0. The molecule has 1 aromatic carbocycles. The molecule has 9 nitrogen and oxygen atoms in total. The molecule has 3 aliphatic rings. The smallest absolute Gasteiger partial charge is 0.254 e. The van der Waals surface area contributed by atoms with E-state index in [9.17, 15) is 8.42 Å². The van der Waals surface area contributed by atoms with Gasteiger partial charge in [-0.3, -0.25) is 0 Å². The van der Waals surface area contributed by atoms with E-state index in [1.165, 1.54) is 11.5 Å². The summed E-state index contributed by atoms with van der Waals surface area (Å²) in [5.74, 6) is 0.552. The van der Waals surface area contributed by atoms with Crippen molar-refractivity contribution in [1.82, 2.24) is 14.1 Å². The van der Waals surface area contributed by atoms with E-state index < -0.39 is 10.0 Å². The summed E-state index contributed by atoms with van der Waals surface area (Å²) in [5.41, 5.74) is 1.21. The maximum atomic E-state index is 12.8. The highest BCUT2D eigenvalue weighted by Crippen LogP contribution is 2.45. The van der Waals surface area contributed by atoms with E-state index in [0.29, 0.717) is 34.7 Å². The summed E-state index contributed by atoms with van der Waals surface area (Å²) in [5, 5.41) is 4.74. The first kappa shape index (κ1) is 17.3. The van der Waals surface area contributed by atoms with Gasteiger partial charge in [-0.2, -0.15) is 9.36 Å². The largest absolute Gasteiger partial charge is 0.391 e. The Bertz CT molecular complexity index is 1070. The van der Waals surface area contributed by atoms with Gasteiger partial charge < -0.3 is 9.74 Å². The van der Waals surface area contributed by atoms with Crippen molar-refractivity contribution in [2.24, 2.45) is 5.16 Å². The topological polar surface area (TPSA) is 100 Å². The molecular weight excluding hydrogens is 456 g/mol. The van der Waals surface area contributed by atoms with Crippen molar-refractivity contribution in [2.45, 2.75) is 30.2 Å². The van der Waals surface area contributed by atoms with E-state index in [0.717, 1.165) is 18.5 Å². The zero-order chi connectivity index (χ0) is 18.8. The summed E-state index contributed by atoms with van der Waals surface area (Å²) in [7, 11) is -3.62. The van der Waals surface area contributed by atoms with Crippen LogP contribution in [0.25, 0.3) is 0 Å². The second-order valence-corrected chi connectivity index (χ2v) is 10.00. The number of aromatic nitrogens is 2. The van der Waals surface area contributed by atoms with Gasteiger partial charge >= 0.3 is 0 Å². The van der Waals surface area contributed by atoms with Gasteiger partial charge in [-0.1, -0.05) is 0 Å². The predicted molar refractivity (Wildman–Crippen MR) is 105 cm³/mol. The second-order valence-electron chi connectivity index (χ2n) is 6.87. The summed E-state index contributed by atoms with van der Waals surface area (Å²) in [4.78, 5) is 13.6. The first-order valence-electron chi connectivity index (χ1n) is 8.31. The molecule has 3 heterocycles. The zero-order valence-corrected chi connectivity index (χ0v) is 17.4. The third kappa shape index (κ3) is 2.91. The van der Waals surface area contributed by atoms with Crippen LogP contribution in [-0.2, 0) is 14.9 Å². The van der Waals surface area contributed by atoms with E-state index in [2.05, 4.69) is 35.2 Å². The quantitative estimate of drug-likeness (QED) is 0.731. The number of benzene rings is 1. The molecule has 0 radical (unpaired) electrons. The van der Waals surface area contributed by atoms with Crippen LogP contribution in [0.4, 0.5) is 16.5 Å². The molecule has 0 atom stereocenters. The summed E-state index contributed by atoms with van der Waals surface area (Å²) < 4.78 is 33.0. The number of hydrogen-bond acceptors (Lipinski definition) is 9. The molecule has 1 fully saturated rings. The van der Waals surface area contributed by atoms with Gasteiger partial charge in [-0.25, -0.2) is 18.0 Å². The number of fused-ring (bicyclic) bond motifs is 3. The van der Waals surface area contributed by atoms with E-state index in [1.54, 1.807) is 23.1 Å². The fraction of sp³-hybridized carbons (Fsp3) is 0.400. The number of guanidine groups is 1. The standard InChI is InChI=1S/C15H15BrN6O3S2/c1-15(4-5-15)20-27(23,24)9-2-3-10-11(8-9)22(14-17-12(16)19-26-14)13-18-25-7-6-21(10)13/h2-3,8,20H,4-7H2,1H3. The van der Waals surface area contributed by atoms with Crippen molar-refractivity contribution in [3.8, 4) is 0 Å². The van der Waals surface area contributed by atoms with Crippen molar-refractivity contribution in [2.75, 3.05) is 23.0 Å². The first-order valence-corrected chi connectivity index (χ1v) is 11.4. The van der Waals surface area contributed by atoms with Crippen LogP contribution in [0.2, 0.25) is 0 Å². The molecule has 1 aromatic heterocycles.